The van der Waals surface area contributed by atoms with Gasteiger partial charge in [-0.05, 0) is 13.0 Å². The largest absolute Gasteiger partial charge is 0.316 e. The van der Waals surface area contributed by atoms with Crippen molar-refractivity contribution in [1.29, 1.82) is 0 Å². The maximum absolute atomic E-state index is 11.5. The van der Waals surface area contributed by atoms with E-state index in [9.17, 15) is 8.42 Å². The monoisotopic (exact) mass is 249 g/mol. The van der Waals surface area contributed by atoms with Gasteiger partial charge in [-0.3, -0.25) is 4.72 Å². The van der Waals surface area contributed by atoms with Crippen LogP contribution in [0.15, 0.2) is 11.6 Å². The second kappa shape index (κ2) is 6.04. The molecule has 0 aliphatic carbocycles. The molecule has 5 nitrogen and oxygen atoms in total. The van der Waals surface area contributed by atoms with Crippen LogP contribution in [0.5, 0.6) is 0 Å². The summed E-state index contributed by atoms with van der Waals surface area (Å²) in [5, 5.41) is 5.19. The first-order valence-electron chi connectivity index (χ1n) is 4.75. The lowest BCUT2D eigenvalue weighted by atomic mass is 10.5. The van der Waals surface area contributed by atoms with E-state index >= 15 is 0 Å². The number of anilines is 1. The Labute approximate surface area is 94.0 Å². The van der Waals surface area contributed by atoms with Gasteiger partial charge in [-0.25, -0.2) is 13.4 Å². The molecule has 1 aromatic heterocycles. The number of thiazole rings is 1. The van der Waals surface area contributed by atoms with Gasteiger partial charge < -0.3 is 5.32 Å². The molecule has 0 aliphatic heterocycles. The van der Waals surface area contributed by atoms with E-state index in [1.165, 1.54) is 11.3 Å². The minimum Gasteiger partial charge on any atom is -0.316 e. The highest BCUT2D eigenvalue weighted by atomic mass is 32.2. The molecule has 0 saturated carbocycles. The van der Waals surface area contributed by atoms with Crippen molar-refractivity contribution in [3.05, 3.63) is 11.6 Å². The lowest BCUT2D eigenvalue weighted by Crippen LogP contribution is -2.27. The number of sulfonamides is 1. The molecule has 0 spiro atoms. The Bertz CT molecular complexity index is 361. The zero-order valence-corrected chi connectivity index (χ0v) is 10.2. The van der Waals surface area contributed by atoms with Crippen molar-refractivity contribution in [2.24, 2.45) is 0 Å². The van der Waals surface area contributed by atoms with Gasteiger partial charge in [0.1, 0.15) is 0 Å². The molecule has 2 N–H and O–H groups in total. The van der Waals surface area contributed by atoms with Crippen molar-refractivity contribution in [2.45, 2.75) is 13.3 Å². The lowest BCUT2D eigenvalue weighted by molar-refractivity contribution is 0.595. The van der Waals surface area contributed by atoms with Gasteiger partial charge in [0.05, 0.1) is 5.75 Å². The maximum Gasteiger partial charge on any atom is 0.235 e. The van der Waals surface area contributed by atoms with Crippen molar-refractivity contribution in [3.8, 4) is 0 Å². The Kier molecular flexibility index (Phi) is 5.00. The van der Waals surface area contributed by atoms with Crippen LogP contribution in [-0.2, 0) is 10.0 Å². The van der Waals surface area contributed by atoms with E-state index in [1.54, 1.807) is 11.6 Å². The van der Waals surface area contributed by atoms with Crippen molar-refractivity contribution < 1.29 is 8.42 Å². The van der Waals surface area contributed by atoms with Crippen molar-refractivity contribution in [2.75, 3.05) is 23.6 Å². The Morgan fingerprint density at radius 2 is 2.27 bits per heavy atom. The number of nitrogens with zero attached hydrogens (tertiary/aromatic N) is 1. The number of aromatic nitrogens is 1. The Balaban J connectivity index is 2.33. The van der Waals surface area contributed by atoms with Gasteiger partial charge in [0.15, 0.2) is 5.13 Å². The SMILES string of the molecule is CCCNCCS(=O)(=O)Nc1nccs1. The van der Waals surface area contributed by atoms with Crippen LogP contribution in [0.1, 0.15) is 13.3 Å². The molecule has 0 amide bonds. The van der Waals surface area contributed by atoms with Gasteiger partial charge in [-0.1, -0.05) is 6.92 Å². The van der Waals surface area contributed by atoms with Crippen LogP contribution in [-0.4, -0.2) is 32.2 Å². The number of nitrogens with one attached hydrogen (secondary N) is 2. The van der Waals surface area contributed by atoms with E-state index in [-0.39, 0.29) is 5.75 Å². The molecular weight excluding hydrogens is 234 g/mol. The fourth-order valence-electron chi connectivity index (χ4n) is 0.966. The van der Waals surface area contributed by atoms with Gasteiger partial charge in [-0.15, -0.1) is 11.3 Å². The van der Waals surface area contributed by atoms with Crippen molar-refractivity contribution in [3.63, 3.8) is 0 Å². The molecule has 0 aliphatic rings. The highest BCUT2D eigenvalue weighted by molar-refractivity contribution is 7.92. The normalized spacial score (nSPS) is 11.5. The first-order chi connectivity index (χ1) is 7.14. The number of hydrogen-bond acceptors (Lipinski definition) is 5. The molecule has 0 unspecified atom stereocenters. The smallest absolute Gasteiger partial charge is 0.235 e. The first-order valence-corrected chi connectivity index (χ1v) is 7.28. The first kappa shape index (κ1) is 12.4. The summed E-state index contributed by atoms with van der Waals surface area (Å²) in [6.07, 6.45) is 2.57. The van der Waals surface area contributed by atoms with Crippen molar-refractivity contribution in [1.82, 2.24) is 10.3 Å². The predicted octanol–water partition coefficient (Wildman–Crippen LogP) is 0.884. The molecule has 0 radical (unpaired) electrons. The Morgan fingerprint density at radius 3 is 2.87 bits per heavy atom. The van der Waals surface area contributed by atoms with Gasteiger partial charge in [0.25, 0.3) is 0 Å². The number of rotatable bonds is 7. The van der Waals surface area contributed by atoms with E-state index in [0.29, 0.717) is 11.7 Å². The average Bonchev–Trinajstić information content (AvgIpc) is 2.64. The topological polar surface area (TPSA) is 71.1 Å². The van der Waals surface area contributed by atoms with Gasteiger partial charge in [0.2, 0.25) is 10.0 Å². The van der Waals surface area contributed by atoms with Gasteiger partial charge in [0, 0.05) is 18.1 Å². The predicted molar refractivity (Wildman–Crippen MR) is 62.7 cm³/mol. The van der Waals surface area contributed by atoms with Crippen LogP contribution in [0.4, 0.5) is 5.13 Å². The lowest BCUT2D eigenvalue weighted by Gasteiger charge is -2.05. The number of hydrogen-bond donors (Lipinski definition) is 2. The highest BCUT2D eigenvalue weighted by Crippen LogP contribution is 2.11. The third kappa shape index (κ3) is 5.10. The Morgan fingerprint density at radius 1 is 1.47 bits per heavy atom. The fraction of sp³-hybridized carbons (Fsp3) is 0.625. The maximum atomic E-state index is 11.5. The summed E-state index contributed by atoms with van der Waals surface area (Å²) in [7, 11) is -3.25. The molecule has 7 heteroatoms. The molecule has 0 saturated heterocycles. The molecule has 0 aromatic carbocycles. The standard InChI is InChI=1S/C8H15N3O2S2/c1-2-3-9-5-7-15(12,13)11-8-10-4-6-14-8/h4,6,9H,2-3,5,7H2,1H3,(H,10,11). The van der Waals surface area contributed by atoms with E-state index in [4.69, 9.17) is 0 Å². The zero-order valence-electron chi connectivity index (χ0n) is 8.56. The summed E-state index contributed by atoms with van der Waals surface area (Å²) in [6.45, 7) is 3.34. The quantitative estimate of drug-likeness (QED) is 0.704. The van der Waals surface area contributed by atoms with Crippen molar-refractivity contribution >= 4 is 26.5 Å². The summed E-state index contributed by atoms with van der Waals surface area (Å²) in [5.74, 6) is 0.0760. The molecular formula is C8H15N3O2S2. The summed E-state index contributed by atoms with van der Waals surface area (Å²) in [6, 6.07) is 0. The second-order valence-electron chi connectivity index (χ2n) is 3.01. The third-order valence-corrected chi connectivity index (χ3v) is 3.71. The Hall–Kier alpha value is -0.660. The molecule has 0 atom stereocenters. The molecule has 0 bridgehead atoms. The van der Waals surface area contributed by atoms with Crippen LogP contribution < -0.4 is 10.0 Å². The molecule has 86 valence electrons. The van der Waals surface area contributed by atoms with E-state index in [1.807, 2.05) is 6.92 Å². The van der Waals surface area contributed by atoms with Gasteiger partial charge >= 0.3 is 0 Å². The second-order valence-corrected chi connectivity index (χ2v) is 5.74. The summed E-state index contributed by atoms with van der Waals surface area (Å²) in [4.78, 5) is 3.85. The van der Waals surface area contributed by atoms with Crippen LogP contribution in [0.25, 0.3) is 0 Å². The van der Waals surface area contributed by atoms with Crippen LogP contribution in [0, 0.1) is 0 Å². The molecule has 0 fully saturated rings. The summed E-state index contributed by atoms with van der Waals surface area (Å²) < 4.78 is 25.4. The highest BCUT2D eigenvalue weighted by Gasteiger charge is 2.10. The van der Waals surface area contributed by atoms with E-state index in [2.05, 4.69) is 15.0 Å². The molecule has 1 heterocycles. The minimum atomic E-state index is -3.25. The fourth-order valence-corrected chi connectivity index (χ4v) is 2.75. The summed E-state index contributed by atoms with van der Waals surface area (Å²) >= 11 is 1.27. The minimum absolute atomic E-state index is 0.0760. The summed E-state index contributed by atoms with van der Waals surface area (Å²) in [5.41, 5.74) is 0. The van der Waals surface area contributed by atoms with Crippen LogP contribution in [0.2, 0.25) is 0 Å². The van der Waals surface area contributed by atoms with Crippen LogP contribution in [0.3, 0.4) is 0 Å². The van der Waals surface area contributed by atoms with Gasteiger partial charge in [-0.2, -0.15) is 0 Å². The average molecular weight is 249 g/mol. The third-order valence-electron chi connectivity index (χ3n) is 1.65. The van der Waals surface area contributed by atoms with E-state index in [0.717, 1.165) is 13.0 Å². The zero-order chi connectivity index (χ0) is 11.1. The molecule has 15 heavy (non-hydrogen) atoms. The molecule has 1 rings (SSSR count). The van der Waals surface area contributed by atoms with Crippen LogP contribution >= 0.6 is 11.3 Å². The molecule has 1 aromatic rings. The van der Waals surface area contributed by atoms with E-state index < -0.39 is 10.0 Å².